The van der Waals surface area contributed by atoms with Gasteiger partial charge in [0, 0.05) is 47.7 Å². The number of nitrogens with one attached hydrogen (secondary N) is 2. The lowest BCUT2D eigenvalue weighted by Crippen LogP contribution is -2.35. The third kappa shape index (κ3) is 5.44. The van der Waals surface area contributed by atoms with Gasteiger partial charge in [0.05, 0.1) is 11.3 Å². The Balaban J connectivity index is 1.51. The molecule has 0 unspecified atom stereocenters. The molecular weight excluding hydrogens is 504 g/mol. The molecular formula is C26H24F4N6O2. The van der Waals surface area contributed by atoms with Crippen LogP contribution in [0.1, 0.15) is 41.6 Å². The topological polar surface area (TPSA) is 104 Å². The van der Waals surface area contributed by atoms with E-state index in [1.54, 1.807) is 35.1 Å². The number of fused-ring (bicyclic) bond motifs is 1. The van der Waals surface area contributed by atoms with Crippen LogP contribution in [0, 0.1) is 11.7 Å². The number of carbonyl (C=O) groups is 1. The van der Waals surface area contributed by atoms with Crippen molar-refractivity contribution < 1.29 is 27.5 Å². The summed E-state index contributed by atoms with van der Waals surface area (Å²) < 4.78 is 55.2. The Labute approximate surface area is 214 Å². The minimum atomic E-state index is -4.81. The van der Waals surface area contributed by atoms with E-state index in [9.17, 15) is 27.5 Å². The molecule has 1 fully saturated rings. The first kappa shape index (κ1) is 25.6. The van der Waals surface area contributed by atoms with E-state index in [0.29, 0.717) is 34.7 Å². The zero-order valence-corrected chi connectivity index (χ0v) is 20.0. The summed E-state index contributed by atoms with van der Waals surface area (Å²) in [5.41, 5.74) is 0.388. The van der Waals surface area contributed by atoms with Crippen molar-refractivity contribution in [1.29, 1.82) is 0 Å². The number of aliphatic hydroxyl groups is 1. The molecule has 3 heterocycles. The summed E-state index contributed by atoms with van der Waals surface area (Å²) in [6.07, 6.45) is 3.47. The van der Waals surface area contributed by atoms with Crippen LogP contribution in [-0.2, 0) is 6.18 Å². The van der Waals surface area contributed by atoms with E-state index < -0.39 is 29.0 Å². The van der Waals surface area contributed by atoms with Gasteiger partial charge in [0.15, 0.2) is 5.65 Å². The van der Waals surface area contributed by atoms with Gasteiger partial charge in [0.2, 0.25) is 0 Å². The van der Waals surface area contributed by atoms with Gasteiger partial charge in [0.1, 0.15) is 18.0 Å². The van der Waals surface area contributed by atoms with Crippen molar-refractivity contribution in [2.75, 3.05) is 17.2 Å². The predicted molar refractivity (Wildman–Crippen MR) is 132 cm³/mol. The third-order valence-electron chi connectivity index (χ3n) is 6.70. The van der Waals surface area contributed by atoms with E-state index in [-0.39, 0.29) is 24.3 Å². The van der Waals surface area contributed by atoms with Crippen molar-refractivity contribution in [2.24, 2.45) is 5.92 Å². The number of aliphatic hydroxyl groups excluding tert-OH is 1. The van der Waals surface area contributed by atoms with Gasteiger partial charge in [-0.1, -0.05) is 12.8 Å². The number of aromatic nitrogens is 4. The van der Waals surface area contributed by atoms with E-state index >= 15 is 0 Å². The van der Waals surface area contributed by atoms with Crippen molar-refractivity contribution in [3.63, 3.8) is 0 Å². The lowest BCUT2D eigenvalue weighted by molar-refractivity contribution is -0.137. The Morgan fingerprint density at radius 3 is 2.68 bits per heavy atom. The van der Waals surface area contributed by atoms with Crippen molar-refractivity contribution in [2.45, 2.75) is 37.9 Å². The molecule has 0 spiro atoms. The van der Waals surface area contributed by atoms with E-state index in [0.717, 1.165) is 31.7 Å². The Kier molecular flexibility index (Phi) is 6.98. The first-order chi connectivity index (χ1) is 18.2. The second-order valence-corrected chi connectivity index (χ2v) is 9.26. The molecule has 1 aliphatic rings. The third-order valence-corrected chi connectivity index (χ3v) is 6.70. The Bertz CT molecular complexity index is 1470. The fraction of sp³-hybridized carbons (Fsp3) is 0.308. The summed E-state index contributed by atoms with van der Waals surface area (Å²) in [5.74, 6) is -1.82. The number of pyridine rings is 2. The molecule has 1 aromatic carbocycles. The largest absolute Gasteiger partial charge is 0.416 e. The number of rotatable bonds is 6. The zero-order chi connectivity index (χ0) is 26.9. The zero-order valence-electron chi connectivity index (χ0n) is 20.0. The second-order valence-electron chi connectivity index (χ2n) is 9.26. The quantitative estimate of drug-likeness (QED) is 0.299. The van der Waals surface area contributed by atoms with E-state index in [1.807, 2.05) is 0 Å². The molecule has 8 nitrogen and oxygen atoms in total. The molecule has 0 radical (unpaired) electrons. The molecule has 38 heavy (non-hydrogen) atoms. The van der Waals surface area contributed by atoms with Crippen LogP contribution in [0.2, 0.25) is 0 Å². The van der Waals surface area contributed by atoms with Crippen molar-refractivity contribution in [3.05, 3.63) is 72.1 Å². The van der Waals surface area contributed by atoms with Crippen LogP contribution in [0.15, 0.2) is 55.1 Å². The molecule has 0 aliphatic heterocycles. The highest BCUT2D eigenvalue weighted by atomic mass is 19.4. The first-order valence-electron chi connectivity index (χ1n) is 12.1. The summed E-state index contributed by atoms with van der Waals surface area (Å²) in [4.78, 5) is 21.6. The normalized spacial score (nSPS) is 17.9. The van der Waals surface area contributed by atoms with Crippen LogP contribution < -0.4 is 10.6 Å². The van der Waals surface area contributed by atoms with Gasteiger partial charge in [-0.15, -0.1) is 0 Å². The molecule has 3 N–H and O–H groups in total. The van der Waals surface area contributed by atoms with Crippen molar-refractivity contribution >= 4 is 23.1 Å². The SMILES string of the molecule is O=C(Nc1cc(-c2ccc3ncnn3c2)cnc1N[C@H]1CCCC[C@H]1CO)c1cc(F)cc(C(F)(F)F)c1. The average Bonchev–Trinajstić information content (AvgIpc) is 3.37. The van der Waals surface area contributed by atoms with Gasteiger partial charge >= 0.3 is 6.18 Å². The molecule has 198 valence electrons. The summed E-state index contributed by atoms with van der Waals surface area (Å²) in [7, 11) is 0. The lowest BCUT2D eigenvalue weighted by atomic mass is 9.85. The Morgan fingerprint density at radius 2 is 1.89 bits per heavy atom. The number of halogens is 4. The Morgan fingerprint density at radius 1 is 1.08 bits per heavy atom. The smallest absolute Gasteiger partial charge is 0.396 e. The standard InChI is InChI=1S/C26H24F4N6O2/c27-20-8-17(7-19(10-20)26(28,29)30)25(38)35-22-9-18(15-5-6-23-32-14-33-36(23)12-15)11-31-24(22)34-21-4-2-1-3-16(21)13-37/h5-12,14,16,21,37H,1-4,13H2,(H,31,34)(H,35,38)/t16-,21-/m0/s1. The molecule has 0 bridgehead atoms. The maximum absolute atomic E-state index is 14.0. The molecule has 3 aromatic heterocycles. The predicted octanol–water partition coefficient (Wildman–Crippen LogP) is 5.16. The summed E-state index contributed by atoms with van der Waals surface area (Å²) >= 11 is 0. The van der Waals surface area contributed by atoms with Crippen LogP contribution in [-0.4, -0.2) is 43.2 Å². The number of hydrogen-bond donors (Lipinski definition) is 3. The Hall–Kier alpha value is -4.06. The van der Waals surface area contributed by atoms with Crippen LogP contribution in [0.3, 0.4) is 0 Å². The summed E-state index contributed by atoms with van der Waals surface area (Å²) in [5, 5.41) is 19.8. The first-order valence-corrected chi connectivity index (χ1v) is 12.1. The van der Waals surface area contributed by atoms with Crippen LogP contribution >= 0.6 is 0 Å². The molecule has 1 saturated carbocycles. The van der Waals surface area contributed by atoms with Gasteiger partial charge in [-0.3, -0.25) is 4.79 Å². The summed E-state index contributed by atoms with van der Waals surface area (Å²) in [6.45, 7) is -0.0150. The van der Waals surface area contributed by atoms with E-state index in [4.69, 9.17) is 0 Å². The number of amides is 1. The van der Waals surface area contributed by atoms with Gasteiger partial charge in [0.25, 0.3) is 5.91 Å². The lowest BCUT2D eigenvalue weighted by Gasteiger charge is -2.32. The molecule has 4 aromatic rings. The number of benzene rings is 1. The van der Waals surface area contributed by atoms with Crippen LogP contribution in [0.25, 0.3) is 16.8 Å². The monoisotopic (exact) mass is 528 g/mol. The fourth-order valence-corrected chi connectivity index (χ4v) is 4.69. The number of hydrogen-bond acceptors (Lipinski definition) is 6. The number of nitrogens with zero attached hydrogens (tertiary/aromatic N) is 4. The number of anilines is 2. The maximum atomic E-state index is 14.0. The van der Waals surface area contributed by atoms with Crippen molar-refractivity contribution in [3.8, 4) is 11.1 Å². The van der Waals surface area contributed by atoms with Gasteiger partial charge < -0.3 is 15.7 Å². The van der Waals surface area contributed by atoms with Crippen LogP contribution in [0.4, 0.5) is 29.1 Å². The molecule has 1 aliphatic carbocycles. The maximum Gasteiger partial charge on any atom is 0.416 e. The molecule has 0 saturated heterocycles. The minimum absolute atomic E-state index is 0.0129. The molecule has 1 amide bonds. The highest BCUT2D eigenvalue weighted by Gasteiger charge is 2.32. The van der Waals surface area contributed by atoms with Gasteiger partial charge in [-0.25, -0.2) is 18.9 Å². The van der Waals surface area contributed by atoms with Gasteiger partial charge in [-0.05, 0) is 49.2 Å². The van der Waals surface area contributed by atoms with Crippen LogP contribution in [0.5, 0.6) is 0 Å². The second kappa shape index (κ2) is 10.4. The summed E-state index contributed by atoms with van der Waals surface area (Å²) in [6, 6.07) is 6.76. The molecule has 12 heteroatoms. The molecule has 5 rings (SSSR count). The highest BCUT2D eigenvalue weighted by Crippen LogP contribution is 2.33. The average molecular weight is 529 g/mol. The minimum Gasteiger partial charge on any atom is -0.396 e. The fourth-order valence-electron chi connectivity index (χ4n) is 4.69. The van der Waals surface area contributed by atoms with E-state index in [2.05, 4.69) is 25.7 Å². The highest BCUT2D eigenvalue weighted by molar-refractivity contribution is 6.06. The molecule has 2 atom stereocenters. The van der Waals surface area contributed by atoms with E-state index in [1.165, 1.54) is 6.33 Å². The number of alkyl halides is 3. The number of carbonyl (C=O) groups excluding carboxylic acids is 1. The van der Waals surface area contributed by atoms with Crippen molar-refractivity contribution in [1.82, 2.24) is 19.6 Å². The van der Waals surface area contributed by atoms with Gasteiger partial charge in [-0.2, -0.15) is 18.3 Å².